The average Bonchev–Trinajstić information content (AvgIpc) is 2.92. The maximum absolute atomic E-state index is 5.26. The van der Waals surface area contributed by atoms with E-state index >= 15 is 0 Å². The number of thioether (sulfide) groups is 1. The Hall–Kier alpha value is -1.19. The second-order valence-corrected chi connectivity index (χ2v) is 6.00. The van der Waals surface area contributed by atoms with E-state index in [1.165, 1.54) is 10.5 Å². The van der Waals surface area contributed by atoms with E-state index in [0.717, 1.165) is 24.6 Å². The Balaban J connectivity index is 1.65. The summed E-state index contributed by atoms with van der Waals surface area (Å²) in [7, 11) is 0. The summed E-state index contributed by atoms with van der Waals surface area (Å²) in [5.41, 5.74) is 1.40. The first kappa shape index (κ1) is 14.2. The van der Waals surface area contributed by atoms with Crippen molar-refractivity contribution >= 4 is 11.8 Å². The van der Waals surface area contributed by atoms with Crippen LogP contribution in [0.1, 0.15) is 31.1 Å². The lowest BCUT2D eigenvalue weighted by Crippen LogP contribution is -2.15. The average molecular weight is 275 g/mol. The summed E-state index contributed by atoms with van der Waals surface area (Å²) in [6.45, 7) is 6.23. The Morgan fingerprint density at radius 1 is 1.16 bits per heavy atom. The minimum atomic E-state index is 0.606. The van der Waals surface area contributed by atoms with E-state index in [1.807, 2.05) is 23.9 Å². The van der Waals surface area contributed by atoms with Gasteiger partial charge in [-0.2, -0.15) is 0 Å². The Morgan fingerprint density at radius 2 is 1.95 bits per heavy atom. The second-order valence-electron chi connectivity index (χ2n) is 4.83. The molecule has 0 saturated carbocycles. The highest BCUT2D eigenvalue weighted by molar-refractivity contribution is 7.99. The third-order valence-corrected chi connectivity index (χ3v) is 3.99. The molecule has 1 aromatic carbocycles. The van der Waals surface area contributed by atoms with Crippen LogP contribution in [0.5, 0.6) is 0 Å². The van der Waals surface area contributed by atoms with Crippen LogP contribution in [-0.4, -0.2) is 12.3 Å². The summed E-state index contributed by atoms with van der Waals surface area (Å²) in [6.07, 6.45) is 1.71. The number of rotatable bonds is 7. The quantitative estimate of drug-likeness (QED) is 0.603. The topological polar surface area (TPSA) is 25.2 Å². The SMILES string of the molecule is CC(C)c1ccc(SCCNCc2ccco2)cc1. The molecule has 2 nitrogen and oxygen atoms in total. The van der Waals surface area contributed by atoms with Crippen molar-refractivity contribution in [3.63, 3.8) is 0 Å². The molecule has 0 radical (unpaired) electrons. The van der Waals surface area contributed by atoms with E-state index < -0.39 is 0 Å². The molecule has 2 rings (SSSR count). The van der Waals surface area contributed by atoms with Crippen molar-refractivity contribution in [2.24, 2.45) is 0 Å². The van der Waals surface area contributed by atoms with Crippen molar-refractivity contribution < 1.29 is 4.42 Å². The summed E-state index contributed by atoms with van der Waals surface area (Å²) in [5.74, 6) is 2.67. The molecule has 0 atom stereocenters. The molecular formula is C16H21NOS. The molecule has 2 aromatic rings. The zero-order chi connectivity index (χ0) is 13.5. The van der Waals surface area contributed by atoms with Crippen LogP contribution >= 0.6 is 11.8 Å². The molecule has 0 aliphatic heterocycles. The minimum Gasteiger partial charge on any atom is -0.468 e. The van der Waals surface area contributed by atoms with Crippen molar-refractivity contribution in [1.82, 2.24) is 5.32 Å². The van der Waals surface area contributed by atoms with Gasteiger partial charge in [-0.25, -0.2) is 0 Å². The number of hydrogen-bond acceptors (Lipinski definition) is 3. The Bertz CT molecular complexity index is 462. The molecule has 1 aromatic heterocycles. The zero-order valence-electron chi connectivity index (χ0n) is 11.6. The van der Waals surface area contributed by atoms with Gasteiger partial charge in [0.25, 0.3) is 0 Å². The predicted octanol–water partition coefficient (Wildman–Crippen LogP) is 4.28. The molecule has 0 saturated heterocycles. The van der Waals surface area contributed by atoms with Crippen molar-refractivity contribution in [2.45, 2.75) is 31.2 Å². The third kappa shape index (κ3) is 4.77. The molecule has 102 valence electrons. The molecule has 0 bridgehead atoms. The van der Waals surface area contributed by atoms with Crippen molar-refractivity contribution in [3.8, 4) is 0 Å². The monoisotopic (exact) mass is 275 g/mol. The van der Waals surface area contributed by atoms with E-state index in [1.54, 1.807) is 6.26 Å². The first-order valence-electron chi connectivity index (χ1n) is 6.71. The van der Waals surface area contributed by atoms with E-state index in [2.05, 4.69) is 43.4 Å². The van der Waals surface area contributed by atoms with Gasteiger partial charge in [0.2, 0.25) is 0 Å². The first-order chi connectivity index (χ1) is 9.25. The fourth-order valence-electron chi connectivity index (χ4n) is 1.81. The van der Waals surface area contributed by atoms with Crippen molar-refractivity contribution in [2.75, 3.05) is 12.3 Å². The Labute approximate surface area is 119 Å². The Kier molecular flexibility index (Phi) is 5.55. The van der Waals surface area contributed by atoms with E-state index in [-0.39, 0.29) is 0 Å². The molecule has 0 fully saturated rings. The van der Waals surface area contributed by atoms with Crippen LogP contribution in [0.25, 0.3) is 0 Å². The molecule has 0 aliphatic rings. The maximum Gasteiger partial charge on any atom is 0.117 e. The lowest BCUT2D eigenvalue weighted by Gasteiger charge is -2.07. The summed E-state index contributed by atoms with van der Waals surface area (Å²) in [5, 5.41) is 3.37. The van der Waals surface area contributed by atoms with Crippen molar-refractivity contribution in [1.29, 1.82) is 0 Å². The molecule has 0 spiro atoms. The lowest BCUT2D eigenvalue weighted by molar-refractivity contribution is 0.488. The number of hydrogen-bond donors (Lipinski definition) is 1. The van der Waals surface area contributed by atoms with Gasteiger partial charge in [0.1, 0.15) is 5.76 Å². The fourth-order valence-corrected chi connectivity index (χ4v) is 2.63. The van der Waals surface area contributed by atoms with Crippen LogP contribution in [0.4, 0.5) is 0 Å². The van der Waals surface area contributed by atoms with Gasteiger partial charge >= 0.3 is 0 Å². The third-order valence-electron chi connectivity index (χ3n) is 2.97. The van der Waals surface area contributed by atoms with E-state index in [9.17, 15) is 0 Å². The van der Waals surface area contributed by atoms with Crippen LogP contribution in [0.15, 0.2) is 52.0 Å². The molecule has 0 unspecified atom stereocenters. The summed E-state index contributed by atoms with van der Waals surface area (Å²) < 4.78 is 5.26. The molecule has 1 N–H and O–H groups in total. The van der Waals surface area contributed by atoms with Gasteiger partial charge in [-0.15, -0.1) is 11.8 Å². The molecule has 0 amide bonds. The molecule has 3 heteroatoms. The van der Waals surface area contributed by atoms with Crippen LogP contribution < -0.4 is 5.32 Å². The summed E-state index contributed by atoms with van der Waals surface area (Å²) >= 11 is 1.88. The van der Waals surface area contributed by atoms with Crippen molar-refractivity contribution in [3.05, 3.63) is 54.0 Å². The maximum atomic E-state index is 5.26. The Morgan fingerprint density at radius 3 is 2.58 bits per heavy atom. The lowest BCUT2D eigenvalue weighted by atomic mass is 10.0. The minimum absolute atomic E-state index is 0.606. The van der Waals surface area contributed by atoms with Gasteiger partial charge in [0, 0.05) is 17.2 Å². The standard InChI is InChI=1S/C16H21NOS/c1-13(2)14-5-7-16(8-6-14)19-11-9-17-12-15-4-3-10-18-15/h3-8,10,13,17H,9,11-12H2,1-2H3. The molecule has 0 aliphatic carbocycles. The van der Waals surface area contributed by atoms with Gasteiger partial charge in [-0.1, -0.05) is 26.0 Å². The van der Waals surface area contributed by atoms with Crippen LogP contribution in [0.2, 0.25) is 0 Å². The largest absolute Gasteiger partial charge is 0.468 e. The highest BCUT2D eigenvalue weighted by atomic mass is 32.2. The van der Waals surface area contributed by atoms with Gasteiger partial charge in [-0.3, -0.25) is 0 Å². The normalized spacial score (nSPS) is 11.1. The zero-order valence-corrected chi connectivity index (χ0v) is 12.4. The van der Waals surface area contributed by atoms with Gasteiger partial charge < -0.3 is 9.73 Å². The predicted molar refractivity (Wildman–Crippen MR) is 81.7 cm³/mol. The highest BCUT2D eigenvalue weighted by Crippen LogP contribution is 2.21. The smallest absolute Gasteiger partial charge is 0.117 e. The van der Waals surface area contributed by atoms with Gasteiger partial charge in [0.05, 0.1) is 12.8 Å². The van der Waals surface area contributed by atoms with Crippen LogP contribution in [-0.2, 0) is 6.54 Å². The molecular weight excluding hydrogens is 254 g/mol. The van der Waals surface area contributed by atoms with Gasteiger partial charge in [-0.05, 0) is 35.7 Å². The molecule has 19 heavy (non-hydrogen) atoms. The van der Waals surface area contributed by atoms with Crippen LogP contribution in [0.3, 0.4) is 0 Å². The fraction of sp³-hybridized carbons (Fsp3) is 0.375. The van der Waals surface area contributed by atoms with Crippen LogP contribution in [0, 0.1) is 0 Å². The number of benzene rings is 1. The summed E-state index contributed by atoms with van der Waals surface area (Å²) in [4.78, 5) is 1.34. The molecule has 1 heterocycles. The van der Waals surface area contributed by atoms with Gasteiger partial charge in [0.15, 0.2) is 0 Å². The summed E-state index contributed by atoms with van der Waals surface area (Å²) in [6, 6.07) is 12.8. The number of furan rings is 1. The first-order valence-corrected chi connectivity index (χ1v) is 7.70. The van der Waals surface area contributed by atoms with E-state index in [4.69, 9.17) is 4.42 Å². The second kappa shape index (κ2) is 7.41. The highest BCUT2D eigenvalue weighted by Gasteiger charge is 1.99. The number of nitrogens with one attached hydrogen (secondary N) is 1. The van der Waals surface area contributed by atoms with E-state index in [0.29, 0.717) is 5.92 Å².